The third-order valence-electron chi connectivity index (χ3n) is 2.45. The summed E-state index contributed by atoms with van der Waals surface area (Å²) in [6, 6.07) is 0. The van der Waals surface area contributed by atoms with E-state index in [1.807, 2.05) is 0 Å². The minimum absolute atomic E-state index is 0. The van der Waals surface area contributed by atoms with E-state index in [1.165, 1.54) is 0 Å². The van der Waals surface area contributed by atoms with Gasteiger partial charge in [0.05, 0.1) is 0 Å². The van der Waals surface area contributed by atoms with Gasteiger partial charge in [0.25, 0.3) is 0 Å². The molecule has 0 amide bonds. The van der Waals surface area contributed by atoms with Crippen molar-refractivity contribution in [2.24, 2.45) is 21.7 Å². The summed E-state index contributed by atoms with van der Waals surface area (Å²) in [6.07, 6.45) is 0. The zero-order valence-corrected chi connectivity index (χ0v) is 23.7. The van der Waals surface area contributed by atoms with Crippen LogP contribution in [-0.2, 0) is 19.2 Å². The van der Waals surface area contributed by atoms with Crippen LogP contribution < -0.4 is 20.4 Å². The first-order valence-corrected chi connectivity index (χ1v) is 8.63. The summed E-state index contributed by atoms with van der Waals surface area (Å²) in [4.78, 5) is 39.6. The predicted octanol–water partition coefficient (Wildman–Crippen LogP) is -1.25. The smallest absolute Gasteiger partial charge is 0.0467 e. The number of carbonyl (C=O) groups excluding carboxylic acids is 4. The van der Waals surface area contributed by atoms with Crippen LogP contribution in [0.5, 0.6) is 0 Å². The summed E-state index contributed by atoms with van der Waals surface area (Å²) in [7, 11) is 0. The molecule has 8 nitrogen and oxygen atoms in total. The number of carbonyl (C=O) groups is 4. The SMILES string of the molecule is CC(C)(C)C(=O)[O-].CC(C)(C)C(=O)[O-].CC(C)(C)C(=O)[O-].CC(C)(C)C(=O)[O-].[Pb]. The fraction of sp³-hybridized carbons (Fsp3) is 0.800. The van der Waals surface area contributed by atoms with Crippen LogP contribution in [0, 0.1) is 21.7 Å². The molecule has 0 aromatic carbocycles. The van der Waals surface area contributed by atoms with E-state index in [9.17, 15) is 39.6 Å². The Labute approximate surface area is 195 Å². The minimum Gasteiger partial charge on any atom is -0.550 e. The van der Waals surface area contributed by atoms with Gasteiger partial charge in [-0.2, -0.15) is 0 Å². The molecule has 0 aliphatic heterocycles. The van der Waals surface area contributed by atoms with E-state index in [-0.39, 0.29) is 27.3 Å². The molecule has 0 aliphatic rings. The molecule has 0 bridgehead atoms. The molecule has 0 fully saturated rings. The average Bonchev–Trinajstić information content (AvgIpc) is 2.35. The number of hydrogen-bond donors (Lipinski definition) is 0. The molecular formula is C20H36O8Pb-4. The van der Waals surface area contributed by atoms with Crippen molar-refractivity contribution in [2.75, 3.05) is 0 Å². The van der Waals surface area contributed by atoms with E-state index in [0.717, 1.165) is 0 Å². The second-order valence-electron chi connectivity index (χ2n) is 10.1. The molecule has 0 aliphatic carbocycles. The molecule has 9 heteroatoms. The molecule has 172 valence electrons. The molecular weight excluding hydrogens is 575 g/mol. The van der Waals surface area contributed by atoms with Crippen molar-refractivity contribution >= 4 is 51.2 Å². The van der Waals surface area contributed by atoms with Gasteiger partial charge >= 0.3 is 0 Å². The van der Waals surface area contributed by atoms with Gasteiger partial charge in [-0.25, -0.2) is 0 Å². The van der Waals surface area contributed by atoms with Crippen molar-refractivity contribution in [3.63, 3.8) is 0 Å². The first-order valence-electron chi connectivity index (χ1n) is 8.63. The van der Waals surface area contributed by atoms with Gasteiger partial charge in [0.15, 0.2) is 0 Å². The van der Waals surface area contributed by atoms with E-state index in [2.05, 4.69) is 0 Å². The Morgan fingerprint density at radius 1 is 0.379 bits per heavy atom. The Morgan fingerprint density at radius 3 is 0.414 bits per heavy atom. The molecule has 0 unspecified atom stereocenters. The van der Waals surface area contributed by atoms with Crippen LogP contribution in [0.1, 0.15) is 83.1 Å². The number of carboxylic acid groups (broad SMARTS) is 4. The second-order valence-corrected chi connectivity index (χ2v) is 10.1. The summed E-state index contributed by atoms with van der Waals surface area (Å²) in [5.74, 6) is -4.03. The normalized spacial score (nSPS) is 10.9. The Bertz CT molecular complexity index is 417. The molecule has 29 heavy (non-hydrogen) atoms. The third-order valence-corrected chi connectivity index (χ3v) is 2.45. The molecule has 0 N–H and O–H groups in total. The van der Waals surface area contributed by atoms with E-state index in [1.54, 1.807) is 83.1 Å². The second kappa shape index (κ2) is 14.7. The first-order chi connectivity index (χ1) is 11.8. The van der Waals surface area contributed by atoms with Gasteiger partial charge in [0.2, 0.25) is 0 Å². The number of aliphatic carboxylic acids is 4. The molecule has 0 saturated heterocycles. The zero-order valence-electron chi connectivity index (χ0n) is 19.8. The molecule has 4 radical (unpaired) electrons. The number of hydrogen-bond acceptors (Lipinski definition) is 8. The minimum atomic E-state index is -1.01. The monoisotopic (exact) mass is 612 g/mol. The van der Waals surface area contributed by atoms with Crippen LogP contribution in [0.3, 0.4) is 0 Å². The molecule has 0 spiro atoms. The van der Waals surface area contributed by atoms with E-state index in [4.69, 9.17) is 0 Å². The van der Waals surface area contributed by atoms with Crippen LogP contribution >= 0.6 is 0 Å². The number of carboxylic acids is 4. The largest absolute Gasteiger partial charge is 0.550 e. The topological polar surface area (TPSA) is 161 Å². The third kappa shape index (κ3) is 31.7. The van der Waals surface area contributed by atoms with Gasteiger partial charge in [0.1, 0.15) is 0 Å². The van der Waals surface area contributed by atoms with Crippen molar-refractivity contribution in [2.45, 2.75) is 83.1 Å². The molecule has 0 rings (SSSR count). The van der Waals surface area contributed by atoms with Crippen molar-refractivity contribution in [1.29, 1.82) is 0 Å². The Kier molecular flexibility index (Phi) is 19.5. The summed E-state index contributed by atoms with van der Waals surface area (Å²) in [6.45, 7) is 19.2. The van der Waals surface area contributed by atoms with Crippen molar-refractivity contribution in [3.8, 4) is 0 Å². The van der Waals surface area contributed by atoms with Gasteiger partial charge in [-0.1, -0.05) is 83.1 Å². The molecule has 0 aromatic heterocycles. The maximum absolute atomic E-state index is 9.91. The summed E-state index contributed by atoms with van der Waals surface area (Å²) in [5, 5.41) is 39.6. The molecule has 0 aromatic rings. The first kappa shape index (κ1) is 38.4. The Balaban J connectivity index is -0.0000000873. The fourth-order valence-electron chi connectivity index (χ4n) is 0. The summed E-state index contributed by atoms with van der Waals surface area (Å²) in [5.41, 5.74) is -2.78. The van der Waals surface area contributed by atoms with Crippen molar-refractivity contribution in [3.05, 3.63) is 0 Å². The van der Waals surface area contributed by atoms with Gasteiger partial charge < -0.3 is 39.6 Å². The van der Waals surface area contributed by atoms with E-state index in [0.29, 0.717) is 0 Å². The number of rotatable bonds is 0. The maximum Gasteiger partial charge on any atom is 0.0467 e. The quantitative estimate of drug-likeness (QED) is 0.307. The zero-order chi connectivity index (χ0) is 24.3. The fourth-order valence-corrected chi connectivity index (χ4v) is 0. The van der Waals surface area contributed by atoms with E-state index < -0.39 is 45.5 Å². The summed E-state index contributed by atoms with van der Waals surface area (Å²) >= 11 is 0. The van der Waals surface area contributed by atoms with Crippen molar-refractivity contribution in [1.82, 2.24) is 0 Å². The average molecular weight is 612 g/mol. The van der Waals surface area contributed by atoms with Crippen LogP contribution in [-0.4, -0.2) is 51.2 Å². The van der Waals surface area contributed by atoms with Crippen LogP contribution in [0.2, 0.25) is 0 Å². The van der Waals surface area contributed by atoms with E-state index >= 15 is 0 Å². The Hall–Kier alpha value is -1.20. The standard InChI is InChI=1S/4C5H10O2.Pb/c4*1-5(2,3)4(6)7;/h4*1-3H3,(H,6,7);/p-4. The van der Waals surface area contributed by atoms with Gasteiger partial charge in [-0.15, -0.1) is 0 Å². The molecule has 0 atom stereocenters. The maximum atomic E-state index is 9.91. The van der Waals surface area contributed by atoms with Gasteiger partial charge in [-0.3, -0.25) is 0 Å². The summed E-state index contributed by atoms with van der Waals surface area (Å²) < 4.78 is 0. The van der Waals surface area contributed by atoms with Gasteiger partial charge in [-0.05, 0) is 0 Å². The van der Waals surface area contributed by atoms with Crippen molar-refractivity contribution < 1.29 is 39.6 Å². The molecule has 0 heterocycles. The molecule has 0 saturated carbocycles. The predicted molar refractivity (Wildman–Crippen MR) is 104 cm³/mol. The van der Waals surface area contributed by atoms with Crippen LogP contribution in [0.4, 0.5) is 0 Å². The van der Waals surface area contributed by atoms with Gasteiger partial charge in [0, 0.05) is 72.8 Å². The van der Waals surface area contributed by atoms with Crippen LogP contribution in [0.25, 0.3) is 0 Å². The Morgan fingerprint density at radius 2 is 0.414 bits per heavy atom. The van der Waals surface area contributed by atoms with Crippen LogP contribution in [0.15, 0.2) is 0 Å².